The van der Waals surface area contributed by atoms with E-state index in [-0.39, 0.29) is 18.5 Å². The molecule has 2 aliphatic rings. The van der Waals surface area contributed by atoms with Gasteiger partial charge in [0.25, 0.3) is 10.2 Å². The van der Waals surface area contributed by atoms with E-state index < -0.39 is 16.2 Å². The second kappa shape index (κ2) is 8.95. The van der Waals surface area contributed by atoms with Crippen LogP contribution in [0.1, 0.15) is 51.9 Å². The summed E-state index contributed by atoms with van der Waals surface area (Å²) in [5.74, 6) is -1.33. The third kappa shape index (κ3) is 5.39. The smallest absolute Gasteiger partial charge is 0.323 e. The fourth-order valence-corrected chi connectivity index (χ4v) is 5.42. The van der Waals surface area contributed by atoms with Crippen molar-refractivity contribution < 1.29 is 23.1 Å². The van der Waals surface area contributed by atoms with Gasteiger partial charge in [-0.1, -0.05) is 12.8 Å². The Hall–Kier alpha value is -1.19. The number of carbonyl (C=O) groups excluding carboxylic acids is 1. The lowest BCUT2D eigenvalue weighted by molar-refractivity contribution is -0.145. The summed E-state index contributed by atoms with van der Waals surface area (Å²) < 4.78 is 28.9. The molecule has 9 heteroatoms. The quantitative estimate of drug-likeness (QED) is 0.770. The van der Waals surface area contributed by atoms with Crippen LogP contribution in [0.4, 0.5) is 0 Å². The highest BCUT2D eigenvalue weighted by atomic mass is 32.2. The minimum atomic E-state index is -3.48. The second-order valence-corrected chi connectivity index (χ2v) is 8.77. The minimum absolute atomic E-state index is 0.224. The molecule has 1 N–H and O–H groups in total. The number of carbonyl (C=O) groups is 2. The van der Waals surface area contributed by atoms with E-state index in [0.29, 0.717) is 45.4 Å². The maximum atomic E-state index is 12.9. The molecule has 2 fully saturated rings. The van der Waals surface area contributed by atoms with Gasteiger partial charge >= 0.3 is 5.97 Å². The molecule has 0 aromatic carbocycles. The predicted octanol–water partition coefficient (Wildman–Crippen LogP) is 0.895. The van der Waals surface area contributed by atoms with E-state index >= 15 is 0 Å². The summed E-state index contributed by atoms with van der Waals surface area (Å²) in [5, 5.41) is 9.00. The molecule has 1 unspecified atom stereocenters. The van der Waals surface area contributed by atoms with Gasteiger partial charge in [-0.2, -0.15) is 17.0 Å². The molecule has 2 heterocycles. The molecule has 144 valence electrons. The summed E-state index contributed by atoms with van der Waals surface area (Å²) in [4.78, 5) is 24.1. The number of aliphatic carboxylic acids is 1. The maximum Gasteiger partial charge on any atom is 0.323 e. The number of hydrogen-bond donors (Lipinski definition) is 1. The van der Waals surface area contributed by atoms with Gasteiger partial charge in [0.15, 0.2) is 0 Å². The maximum absolute atomic E-state index is 12.9. The van der Waals surface area contributed by atoms with Crippen molar-refractivity contribution in [2.75, 3.05) is 32.7 Å². The number of amides is 1. The molecule has 0 aromatic heterocycles. The van der Waals surface area contributed by atoms with Crippen molar-refractivity contribution in [1.82, 2.24) is 13.5 Å². The summed E-state index contributed by atoms with van der Waals surface area (Å²) in [6.07, 6.45) is 5.65. The van der Waals surface area contributed by atoms with Gasteiger partial charge in [0, 0.05) is 39.1 Å². The molecule has 1 amide bonds. The fourth-order valence-electron chi connectivity index (χ4n) is 3.67. The van der Waals surface area contributed by atoms with Crippen molar-refractivity contribution in [1.29, 1.82) is 0 Å². The van der Waals surface area contributed by atoms with Crippen LogP contribution in [0.5, 0.6) is 0 Å². The zero-order valence-corrected chi connectivity index (χ0v) is 15.7. The zero-order valence-electron chi connectivity index (χ0n) is 14.9. The molecule has 0 aliphatic carbocycles. The van der Waals surface area contributed by atoms with E-state index in [1.54, 1.807) is 4.31 Å². The lowest BCUT2D eigenvalue weighted by Crippen LogP contribution is -2.46. The van der Waals surface area contributed by atoms with Crippen LogP contribution in [0.15, 0.2) is 0 Å². The molecule has 0 spiro atoms. The Kier molecular flexibility index (Phi) is 7.21. The summed E-state index contributed by atoms with van der Waals surface area (Å²) in [6, 6.07) is -0.224. The largest absolute Gasteiger partial charge is 0.480 e. The predicted molar refractivity (Wildman–Crippen MR) is 93.2 cm³/mol. The van der Waals surface area contributed by atoms with E-state index in [1.165, 1.54) is 16.1 Å². The highest BCUT2D eigenvalue weighted by Crippen LogP contribution is 2.22. The Bertz CT molecular complexity index is 572. The van der Waals surface area contributed by atoms with Gasteiger partial charge in [-0.05, 0) is 32.1 Å². The third-order valence-electron chi connectivity index (χ3n) is 5.03. The molecular weight excluding hydrogens is 346 g/mol. The molecule has 0 aromatic rings. The SMILES string of the molecule is CC(=O)N(CC(=O)O)C1CCCN(S(=O)(=O)N2CCCCCC2)CC1. The van der Waals surface area contributed by atoms with Crippen molar-refractivity contribution in [2.24, 2.45) is 0 Å². The molecule has 0 radical (unpaired) electrons. The molecule has 8 nitrogen and oxygen atoms in total. The second-order valence-electron chi connectivity index (χ2n) is 6.85. The highest BCUT2D eigenvalue weighted by Gasteiger charge is 2.33. The first-order valence-corrected chi connectivity index (χ1v) is 10.5. The molecule has 0 bridgehead atoms. The van der Waals surface area contributed by atoms with Crippen LogP contribution < -0.4 is 0 Å². The number of carboxylic acids is 1. The fraction of sp³-hybridized carbons (Fsp3) is 0.875. The number of carboxylic acid groups (broad SMARTS) is 1. The van der Waals surface area contributed by atoms with Gasteiger partial charge in [0.05, 0.1) is 0 Å². The van der Waals surface area contributed by atoms with Crippen LogP contribution in [0.2, 0.25) is 0 Å². The van der Waals surface area contributed by atoms with Crippen LogP contribution >= 0.6 is 0 Å². The van der Waals surface area contributed by atoms with Gasteiger partial charge in [0.2, 0.25) is 5.91 Å². The Morgan fingerprint density at radius 2 is 1.52 bits per heavy atom. The van der Waals surface area contributed by atoms with Gasteiger partial charge in [-0.15, -0.1) is 0 Å². The first-order valence-electron chi connectivity index (χ1n) is 9.06. The lowest BCUT2D eigenvalue weighted by atomic mass is 10.1. The lowest BCUT2D eigenvalue weighted by Gasteiger charge is -2.30. The van der Waals surface area contributed by atoms with Crippen LogP contribution in [-0.2, 0) is 19.8 Å². The van der Waals surface area contributed by atoms with Crippen molar-refractivity contribution in [3.05, 3.63) is 0 Å². The van der Waals surface area contributed by atoms with E-state index in [1.807, 2.05) is 0 Å². The van der Waals surface area contributed by atoms with Gasteiger partial charge in [-0.25, -0.2) is 0 Å². The standard InChI is InChI=1S/C16H29N3O5S/c1-14(20)19(13-16(21)22)15-7-6-11-18(12-8-15)25(23,24)17-9-4-2-3-5-10-17/h15H,2-13H2,1H3,(H,21,22). The normalized spacial score (nSPS) is 24.3. The van der Waals surface area contributed by atoms with Gasteiger partial charge in [-0.3, -0.25) is 9.59 Å². The van der Waals surface area contributed by atoms with E-state index in [4.69, 9.17) is 5.11 Å². The summed E-state index contributed by atoms with van der Waals surface area (Å²) in [7, 11) is -3.48. The van der Waals surface area contributed by atoms with Crippen LogP contribution in [-0.4, -0.2) is 77.7 Å². The summed E-state index contributed by atoms with van der Waals surface area (Å²) in [6.45, 7) is 2.92. The van der Waals surface area contributed by atoms with Crippen molar-refractivity contribution in [2.45, 2.75) is 57.9 Å². The molecule has 25 heavy (non-hydrogen) atoms. The average Bonchev–Trinajstić information content (AvgIpc) is 2.95. The topological polar surface area (TPSA) is 98.2 Å². The van der Waals surface area contributed by atoms with E-state index in [0.717, 1.165) is 25.7 Å². The van der Waals surface area contributed by atoms with Crippen molar-refractivity contribution in [3.8, 4) is 0 Å². The Labute approximate surface area is 149 Å². The minimum Gasteiger partial charge on any atom is -0.480 e. The summed E-state index contributed by atoms with van der Waals surface area (Å²) in [5.41, 5.74) is 0. The highest BCUT2D eigenvalue weighted by molar-refractivity contribution is 7.86. The molecule has 0 saturated carbocycles. The van der Waals surface area contributed by atoms with E-state index in [2.05, 4.69) is 0 Å². The van der Waals surface area contributed by atoms with Gasteiger partial charge in [0.1, 0.15) is 6.54 Å². The monoisotopic (exact) mass is 375 g/mol. The Morgan fingerprint density at radius 1 is 0.960 bits per heavy atom. The zero-order chi connectivity index (χ0) is 18.4. The number of rotatable bonds is 5. The number of hydrogen-bond acceptors (Lipinski definition) is 4. The van der Waals surface area contributed by atoms with Crippen molar-refractivity contribution >= 4 is 22.1 Å². The molecule has 2 aliphatic heterocycles. The van der Waals surface area contributed by atoms with Crippen LogP contribution in [0, 0.1) is 0 Å². The average molecular weight is 375 g/mol. The van der Waals surface area contributed by atoms with Gasteiger partial charge < -0.3 is 10.0 Å². The third-order valence-corrected chi connectivity index (χ3v) is 7.06. The first-order chi connectivity index (χ1) is 11.8. The van der Waals surface area contributed by atoms with Crippen LogP contribution in [0.3, 0.4) is 0 Å². The molecule has 1 atom stereocenters. The Balaban J connectivity index is 2.04. The Morgan fingerprint density at radius 3 is 2.08 bits per heavy atom. The van der Waals surface area contributed by atoms with Crippen LogP contribution in [0.25, 0.3) is 0 Å². The summed E-state index contributed by atoms with van der Waals surface area (Å²) >= 11 is 0. The molecular formula is C16H29N3O5S. The van der Waals surface area contributed by atoms with Crippen molar-refractivity contribution in [3.63, 3.8) is 0 Å². The first kappa shape index (κ1) is 20.1. The molecule has 2 rings (SSSR count). The molecule has 2 saturated heterocycles. The van der Waals surface area contributed by atoms with E-state index in [9.17, 15) is 18.0 Å². The number of nitrogens with zero attached hydrogens (tertiary/aromatic N) is 3.